The molecule has 3 aliphatic rings. The Kier molecular flexibility index (Phi) is 5.85. The molecule has 2 N–H and O–H groups in total. The maximum absolute atomic E-state index is 13.6. The molecule has 4 heterocycles. The molecule has 3 aromatic rings. The molecule has 1 saturated heterocycles. The Bertz CT molecular complexity index is 1230. The molecule has 1 saturated carbocycles. The minimum atomic E-state index is 0.0385. The molecule has 2 fully saturated rings. The number of thiophene rings is 1. The summed E-state index contributed by atoms with van der Waals surface area (Å²) in [4.78, 5) is 14.8. The average molecular weight is 492 g/mol. The molecule has 1 aliphatic carbocycles. The van der Waals surface area contributed by atoms with Crippen molar-refractivity contribution in [2.24, 2.45) is 11.8 Å². The maximum Gasteiger partial charge on any atom is 0.268 e. The molecular weight excluding hydrogens is 458 g/mol. The quantitative estimate of drug-likeness (QED) is 0.511. The van der Waals surface area contributed by atoms with Gasteiger partial charge in [-0.05, 0) is 93.2 Å². The highest BCUT2D eigenvalue weighted by atomic mass is 32.1. The van der Waals surface area contributed by atoms with Gasteiger partial charge in [-0.3, -0.25) is 4.79 Å². The van der Waals surface area contributed by atoms with E-state index < -0.39 is 0 Å². The van der Waals surface area contributed by atoms with Crippen LogP contribution in [0.2, 0.25) is 0 Å². The topological polar surface area (TPSA) is 64.5 Å². The number of hydrogen-bond acceptors (Lipinski definition) is 5. The standard InChI is InChI=1S/C28H33N3O3S/c1-16(2)34-25-13-21-17(11-24(25)33-3)6-7-31-23(12-22(27(21)31)26-5-4-8-35-26)28(32)30-20-9-18-14-29-15-19(18)10-20/h4-5,8,11-13,16,18-20,29H,6-7,9-10,14-15H2,1-3H3,(H,30,32)/t18-,19+,20?. The van der Waals surface area contributed by atoms with Gasteiger partial charge in [-0.15, -0.1) is 11.3 Å². The summed E-state index contributed by atoms with van der Waals surface area (Å²) < 4.78 is 14.0. The van der Waals surface area contributed by atoms with Crippen LogP contribution in [0.25, 0.3) is 21.7 Å². The number of hydrogen-bond donors (Lipinski definition) is 2. The summed E-state index contributed by atoms with van der Waals surface area (Å²) in [6.07, 6.45) is 3.04. The number of nitrogens with zero attached hydrogens (tertiary/aromatic N) is 1. The molecule has 6 rings (SSSR count). The van der Waals surface area contributed by atoms with Gasteiger partial charge in [0.2, 0.25) is 0 Å². The number of amides is 1. The molecular formula is C28H33N3O3S. The molecule has 184 valence electrons. The van der Waals surface area contributed by atoms with Crippen molar-refractivity contribution in [3.05, 3.63) is 47.0 Å². The Labute approximate surface area is 210 Å². The fourth-order valence-corrected chi connectivity index (χ4v) is 6.93. The Morgan fingerprint density at radius 2 is 1.94 bits per heavy atom. The predicted octanol–water partition coefficient (Wildman–Crippen LogP) is 4.96. The normalized spacial score (nSPS) is 22.6. The Morgan fingerprint density at radius 3 is 2.63 bits per heavy atom. The van der Waals surface area contributed by atoms with Crippen LogP contribution < -0.4 is 20.1 Å². The van der Waals surface area contributed by atoms with Gasteiger partial charge in [-0.1, -0.05) is 6.07 Å². The Balaban J connectivity index is 1.40. The van der Waals surface area contributed by atoms with Crippen LogP contribution in [0.1, 0.15) is 42.7 Å². The largest absolute Gasteiger partial charge is 0.493 e. The van der Waals surface area contributed by atoms with Crippen molar-refractivity contribution in [1.29, 1.82) is 0 Å². The molecule has 0 bridgehead atoms. The van der Waals surface area contributed by atoms with Gasteiger partial charge in [-0.2, -0.15) is 0 Å². The number of fused-ring (bicyclic) bond motifs is 4. The first-order valence-electron chi connectivity index (χ1n) is 12.7. The van der Waals surface area contributed by atoms with Crippen LogP contribution in [0.5, 0.6) is 11.5 Å². The molecule has 2 aromatic heterocycles. The summed E-state index contributed by atoms with van der Waals surface area (Å²) >= 11 is 1.71. The van der Waals surface area contributed by atoms with Crippen molar-refractivity contribution >= 4 is 17.2 Å². The second-order valence-electron chi connectivity index (χ2n) is 10.3. The van der Waals surface area contributed by atoms with E-state index in [1.807, 2.05) is 13.8 Å². The van der Waals surface area contributed by atoms with Crippen LogP contribution >= 0.6 is 11.3 Å². The third-order valence-corrected chi connectivity index (χ3v) is 8.62. The molecule has 1 unspecified atom stereocenters. The van der Waals surface area contributed by atoms with Gasteiger partial charge in [0, 0.05) is 28.6 Å². The van der Waals surface area contributed by atoms with E-state index in [1.165, 1.54) is 10.4 Å². The number of aryl methyl sites for hydroxylation is 1. The highest BCUT2D eigenvalue weighted by Crippen LogP contribution is 2.45. The van der Waals surface area contributed by atoms with E-state index in [0.29, 0.717) is 11.8 Å². The lowest BCUT2D eigenvalue weighted by Crippen LogP contribution is -2.35. The van der Waals surface area contributed by atoms with Crippen LogP contribution in [-0.2, 0) is 13.0 Å². The molecule has 35 heavy (non-hydrogen) atoms. The molecule has 1 amide bonds. The summed E-state index contributed by atoms with van der Waals surface area (Å²) in [5, 5.41) is 8.96. The van der Waals surface area contributed by atoms with E-state index in [-0.39, 0.29) is 18.1 Å². The Morgan fingerprint density at radius 1 is 1.14 bits per heavy atom. The number of benzene rings is 1. The van der Waals surface area contributed by atoms with E-state index in [1.54, 1.807) is 18.4 Å². The number of carbonyl (C=O) groups excluding carboxylic acids is 1. The molecule has 3 atom stereocenters. The molecule has 0 spiro atoms. The van der Waals surface area contributed by atoms with Crippen molar-refractivity contribution in [3.63, 3.8) is 0 Å². The second kappa shape index (κ2) is 9.03. The zero-order chi connectivity index (χ0) is 24.1. The monoisotopic (exact) mass is 491 g/mol. The first-order chi connectivity index (χ1) is 17.0. The van der Waals surface area contributed by atoms with Gasteiger partial charge in [-0.25, -0.2) is 0 Å². The zero-order valence-corrected chi connectivity index (χ0v) is 21.4. The smallest absolute Gasteiger partial charge is 0.268 e. The first-order valence-corrected chi connectivity index (χ1v) is 13.6. The van der Waals surface area contributed by atoms with Crippen molar-refractivity contribution in [2.75, 3.05) is 20.2 Å². The maximum atomic E-state index is 13.6. The van der Waals surface area contributed by atoms with Gasteiger partial charge in [0.15, 0.2) is 11.5 Å². The molecule has 6 nitrogen and oxygen atoms in total. The lowest BCUT2D eigenvalue weighted by atomic mass is 9.95. The van der Waals surface area contributed by atoms with Gasteiger partial charge < -0.3 is 24.7 Å². The summed E-state index contributed by atoms with van der Waals surface area (Å²) in [7, 11) is 1.69. The SMILES string of the molecule is COc1cc2c(cc1OC(C)C)-c1c(-c3cccs3)cc(C(=O)NC3C[C@H]4CNC[C@H]4C3)n1CC2. The summed E-state index contributed by atoms with van der Waals surface area (Å²) in [6, 6.07) is 10.8. The second-order valence-corrected chi connectivity index (χ2v) is 11.3. The van der Waals surface area contributed by atoms with Crippen molar-refractivity contribution in [1.82, 2.24) is 15.2 Å². The first kappa shape index (κ1) is 22.7. The van der Waals surface area contributed by atoms with Gasteiger partial charge >= 0.3 is 0 Å². The van der Waals surface area contributed by atoms with Crippen molar-refractivity contribution in [2.45, 2.75) is 51.8 Å². The summed E-state index contributed by atoms with van der Waals surface area (Å²) in [5.74, 6) is 2.94. The third-order valence-electron chi connectivity index (χ3n) is 7.72. The minimum absolute atomic E-state index is 0.0385. The van der Waals surface area contributed by atoms with E-state index in [0.717, 1.165) is 72.9 Å². The number of nitrogens with one attached hydrogen (secondary N) is 2. The van der Waals surface area contributed by atoms with E-state index in [9.17, 15) is 4.79 Å². The van der Waals surface area contributed by atoms with E-state index >= 15 is 0 Å². The number of ether oxygens (including phenoxy) is 2. The van der Waals surface area contributed by atoms with Crippen molar-refractivity contribution < 1.29 is 14.3 Å². The third kappa shape index (κ3) is 4.04. The van der Waals surface area contributed by atoms with E-state index in [4.69, 9.17) is 9.47 Å². The van der Waals surface area contributed by atoms with Crippen molar-refractivity contribution in [3.8, 4) is 33.2 Å². The van der Waals surface area contributed by atoms with E-state index in [2.05, 4.69) is 50.9 Å². The number of methoxy groups -OCH3 is 1. The van der Waals surface area contributed by atoms with Crippen LogP contribution in [0.3, 0.4) is 0 Å². The lowest BCUT2D eigenvalue weighted by Gasteiger charge is -2.25. The van der Waals surface area contributed by atoms with Gasteiger partial charge in [0.1, 0.15) is 5.69 Å². The Hall–Kier alpha value is -2.77. The fraction of sp³-hybridized carbons (Fsp3) is 0.464. The number of aromatic nitrogens is 1. The summed E-state index contributed by atoms with van der Waals surface area (Å²) in [6.45, 7) is 6.98. The van der Waals surface area contributed by atoms with Gasteiger partial charge in [0.25, 0.3) is 5.91 Å². The molecule has 7 heteroatoms. The molecule has 2 aliphatic heterocycles. The predicted molar refractivity (Wildman–Crippen MR) is 140 cm³/mol. The fourth-order valence-electron chi connectivity index (χ4n) is 6.19. The number of rotatable bonds is 6. The highest BCUT2D eigenvalue weighted by Gasteiger charge is 2.38. The lowest BCUT2D eigenvalue weighted by molar-refractivity contribution is 0.0927. The van der Waals surface area contributed by atoms with Crippen LogP contribution in [0, 0.1) is 11.8 Å². The van der Waals surface area contributed by atoms with Crippen LogP contribution in [0.4, 0.5) is 0 Å². The summed E-state index contributed by atoms with van der Waals surface area (Å²) in [5.41, 5.74) is 5.31. The highest BCUT2D eigenvalue weighted by molar-refractivity contribution is 7.13. The zero-order valence-electron chi connectivity index (χ0n) is 20.6. The van der Waals surface area contributed by atoms with Gasteiger partial charge in [0.05, 0.1) is 18.9 Å². The number of carbonyl (C=O) groups is 1. The van der Waals surface area contributed by atoms with Crippen LogP contribution in [0.15, 0.2) is 35.7 Å². The molecule has 1 aromatic carbocycles. The average Bonchev–Trinajstić information content (AvgIpc) is 3.60. The minimum Gasteiger partial charge on any atom is -0.493 e. The molecule has 0 radical (unpaired) electrons. The van der Waals surface area contributed by atoms with Crippen LogP contribution in [-0.4, -0.2) is 42.8 Å².